The molecule has 1 fully saturated rings. The molecule has 3 heteroatoms. The van der Waals surface area contributed by atoms with Crippen molar-refractivity contribution in [3.8, 4) is 0 Å². The second-order valence-corrected chi connectivity index (χ2v) is 6.33. The molecule has 1 atom stereocenters. The fourth-order valence-corrected chi connectivity index (χ4v) is 3.29. The summed E-state index contributed by atoms with van der Waals surface area (Å²) in [6.07, 6.45) is 3.16. The van der Waals surface area contributed by atoms with Crippen molar-refractivity contribution in [1.82, 2.24) is 5.32 Å². The largest absolute Gasteiger partial charge is 0.316 e. The second kappa shape index (κ2) is 5.57. The first-order chi connectivity index (χ1) is 9.66. The number of nitrogens with zero attached hydrogens (tertiary/aromatic N) is 1. The van der Waals surface area contributed by atoms with E-state index < -0.39 is 0 Å². The summed E-state index contributed by atoms with van der Waals surface area (Å²) in [6, 6.07) is 6.64. The molecule has 1 amide bonds. The van der Waals surface area contributed by atoms with Crippen molar-refractivity contribution in [3.63, 3.8) is 0 Å². The lowest BCUT2D eigenvalue weighted by atomic mass is 9.94. The normalized spacial score (nSPS) is 22.1. The Hall–Kier alpha value is -1.35. The SMILES string of the molecule is CC(C)c1ccc2c(c1)CCCN2C(=O)C1CCNC1. The maximum atomic E-state index is 12.7. The summed E-state index contributed by atoms with van der Waals surface area (Å²) >= 11 is 0. The van der Waals surface area contributed by atoms with Crippen LogP contribution in [0.15, 0.2) is 18.2 Å². The van der Waals surface area contributed by atoms with Gasteiger partial charge in [0.2, 0.25) is 5.91 Å². The zero-order valence-electron chi connectivity index (χ0n) is 12.5. The van der Waals surface area contributed by atoms with Gasteiger partial charge in [0.05, 0.1) is 5.92 Å². The lowest BCUT2D eigenvalue weighted by Gasteiger charge is -2.32. The van der Waals surface area contributed by atoms with Crippen LogP contribution in [0, 0.1) is 5.92 Å². The Morgan fingerprint density at radius 3 is 2.95 bits per heavy atom. The average molecular weight is 272 g/mol. The second-order valence-electron chi connectivity index (χ2n) is 6.33. The van der Waals surface area contributed by atoms with E-state index in [9.17, 15) is 4.79 Å². The van der Waals surface area contributed by atoms with E-state index in [1.165, 1.54) is 11.1 Å². The molecule has 108 valence electrons. The Bertz CT molecular complexity index is 504. The van der Waals surface area contributed by atoms with E-state index in [1.54, 1.807) is 0 Å². The van der Waals surface area contributed by atoms with E-state index in [4.69, 9.17) is 0 Å². The molecule has 1 saturated heterocycles. The zero-order chi connectivity index (χ0) is 14.1. The predicted molar refractivity (Wildman–Crippen MR) is 82.2 cm³/mol. The van der Waals surface area contributed by atoms with Gasteiger partial charge in [-0.3, -0.25) is 4.79 Å². The first-order valence-corrected chi connectivity index (χ1v) is 7.81. The van der Waals surface area contributed by atoms with E-state index in [0.29, 0.717) is 11.8 Å². The number of amides is 1. The minimum Gasteiger partial charge on any atom is -0.316 e. The van der Waals surface area contributed by atoms with Gasteiger partial charge in [0, 0.05) is 18.8 Å². The van der Waals surface area contributed by atoms with E-state index in [0.717, 1.165) is 44.6 Å². The topological polar surface area (TPSA) is 32.3 Å². The van der Waals surface area contributed by atoms with Crippen LogP contribution in [0.3, 0.4) is 0 Å². The highest BCUT2D eigenvalue weighted by Gasteiger charge is 2.30. The fourth-order valence-electron chi connectivity index (χ4n) is 3.29. The number of fused-ring (bicyclic) bond motifs is 1. The van der Waals surface area contributed by atoms with Crippen LogP contribution in [0.4, 0.5) is 5.69 Å². The summed E-state index contributed by atoms with van der Waals surface area (Å²) in [4.78, 5) is 14.7. The van der Waals surface area contributed by atoms with Crippen LogP contribution in [0.5, 0.6) is 0 Å². The van der Waals surface area contributed by atoms with Crippen LogP contribution in [-0.2, 0) is 11.2 Å². The number of carbonyl (C=O) groups is 1. The lowest BCUT2D eigenvalue weighted by Crippen LogP contribution is -2.40. The molecule has 20 heavy (non-hydrogen) atoms. The van der Waals surface area contributed by atoms with Gasteiger partial charge in [-0.2, -0.15) is 0 Å². The first-order valence-electron chi connectivity index (χ1n) is 7.81. The third-order valence-corrected chi connectivity index (χ3v) is 4.56. The van der Waals surface area contributed by atoms with Gasteiger partial charge in [0.25, 0.3) is 0 Å². The number of anilines is 1. The lowest BCUT2D eigenvalue weighted by molar-refractivity contribution is -0.121. The molecule has 3 rings (SSSR count). The van der Waals surface area contributed by atoms with Gasteiger partial charge in [-0.25, -0.2) is 0 Å². The van der Waals surface area contributed by atoms with Crippen LogP contribution < -0.4 is 10.2 Å². The summed E-state index contributed by atoms with van der Waals surface area (Å²) in [5.74, 6) is 1.03. The standard InChI is InChI=1S/C17H24N2O/c1-12(2)13-5-6-16-14(10-13)4-3-9-19(16)17(20)15-7-8-18-11-15/h5-6,10,12,15,18H,3-4,7-9,11H2,1-2H3. The fraction of sp³-hybridized carbons (Fsp3) is 0.588. The predicted octanol–water partition coefficient (Wildman–Crippen LogP) is 2.70. The van der Waals surface area contributed by atoms with Crippen LogP contribution in [0.25, 0.3) is 0 Å². The van der Waals surface area contributed by atoms with Crippen molar-refractivity contribution in [2.45, 2.75) is 39.0 Å². The van der Waals surface area contributed by atoms with Crippen molar-refractivity contribution in [2.75, 3.05) is 24.5 Å². The van der Waals surface area contributed by atoms with Gasteiger partial charge in [0.15, 0.2) is 0 Å². The molecule has 0 aromatic heterocycles. The van der Waals surface area contributed by atoms with Gasteiger partial charge in [0.1, 0.15) is 0 Å². The zero-order valence-corrected chi connectivity index (χ0v) is 12.5. The highest BCUT2D eigenvalue weighted by molar-refractivity contribution is 5.96. The molecular weight excluding hydrogens is 248 g/mol. The monoisotopic (exact) mass is 272 g/mol. The number of benzene rings is 1. The molecule has 1 N–H and O–H groups in total. The molecule has 1 aromatic carbocycles. The molecule has 0 saturated carbocycles. The Morgan fingerprint density at radius 1 is 1.40 bits per heavy atom. The van der Waals surface area contributed by atoms with Gasteiger partial charge >= 0.3 is 0 Å². The molecule has 0 spiro atoms. The number of nitrogens with one attached hydrogen (secondary N) is 1. The number of aryl methyl sites for hydroxylation is 1. The summed E-state index contributed by atoms with van der Waals surface area (Å²) < 4.78 is 0. The molecule has 1 unspecified atom stereocenters. The number of rotatable bonds is 2. The molecule has 0 aliphatic carbocycles. The van der Waals surface area contributed by atoms with Crippen LogP contribution >= 0.6 is 0 Å². The summed E-state index contributed by atoms with van der Waals surface area (Å²) in [5.41, 5.74) is 3.87. The van der Waals surface area contributed by atoms with E-state index >= 15 is 0 Å². The smallest absolute Gasteiger partial charge is 0.231 e. The van der Waals surface area contributed by atoms with Gasteiger partial charge < -0.3 is 10.2 Å². The Morgan fingerprint density at radius 2 is 2.25 bits per heavy atom. The number of hydrogen-bond donors (Lipinski definition) is 1. The Kier molecular flexibility index (Phi) is 3.79. The summed E-state index contributed by atoms with van der Waals surface area (Å²) in [7, 11) is 0. The highest BCUT2D eigenvalue weighted by Crippen LogP contribution is 2.31. The van der Waals surface area contributed by atoms with Gasteiger partial charge in [-0.15, -0.1) is 0 Å². The molecule has 1 aromatic rings. The minimum absolute atomic E-state index is 0.172. The minimum atomic E-state index is 0.172. The molecule has 2 heterocycles. The van der Waals surface area contributed by atoms with E-state index in [-0.39, 0.29) is 5.92 Å². The number of hydrogen-bond acceptors (Lipinski definition) is 2. The Balaban J connectivity index is 1.87. The van der Waals surface area contributed by atoms with Crippen molar-refractivity contribution >= 4 is 11.6 Å². The summed E-state index contributed by atoms with van der Waals surface area (Å²) in [5, 5.41) is 3.29. The molecule has 3 nitrogen and oxygen atoms in total. The maximum absolute atomic E-state index is 12.7. The maximum Gasteiger partial charge on any atom is 0.231 e. The van der Waals surface area contributed by atoms with Crippen molar-refractivity contribution in [1.29, 1.82) is 0 Å². The molecule has 0 radical (unpaired) electrons. The van der Waals surface area contributed by atoms with Gasteiger partial charge in [-0.05, 0) is 48.9 Å². The summed E-state index contributed by atoms with van der Waals surface area (Å²) in [6.45, 7) is 7.14. The molecule has 0 bridgehead atoms. The third-order valence-electron chi connectivity index (χ3n) is 4.56. The van der Waals surface area contributed by atoms with Gasteiger partial charge in [-0.1, -0.05) is 26.0 Å². The van der Waals surface area contributed by atoms with Crippen molar-refractivity contribution in [3.05, 3.63) is 29.3 Å². The van der Waals surface area contributed by atoms with Crippen molar-refractivity contribution in [2.24, 2.45) is 5.92 Å². The Labute approximate surface area is 121 Å². The van der Waals surface area contributed by atoms with E-state index in [1.807, 2.05) is 4.90 Å². The van der Waals surface area contributed by atoms with Crippen molar-refractivity contribution < 1.29 is 4.79 Å². The molecule has 2 aliphatic heterocycles. The van der Waals surface area contributed by atoms with Crippen LogP contribution in [0.1, 0.15) is 43.7 Å². The molecular formula is C17H24N2O. The third kappa shape index (κ3) is 2.47. The number of carbonyl (C=O) groups excluding carboxylic acids is 1. The quantitative estimate of drug-likeness (QED) is 0.898. The molecule has 2 aliphatic rings. The van der Waals surface area contributed by atoms with E-state index in [2.05, 4.69) is 37.4 Å². The highest BCUT2D eigenvalue weighted by atomic mass is 16.2. The first kappa shape index (κ1) is 13.6. The van der Waals surface area contributed by atoms with Crippen LogP contribution in [-0.4, -0.2) is 25.5 Å². The average Bonchev–Trinajstić information content (AvgIpc) is 2.99. The van der Waals surface area contributed by atoms with Crippen LogP contribution in [0.2, 0.25) is 0 Å².